The number of para-hydroxylation sites is 1. The van der Waals surface area contributed by atoms with Crippen LogP contribution in [0.15, 0.2) is 48.6 Å². The highest BCUT2D eigenvalue weighted by Gasteiger charge is 2.04. The molecule has 0 aromatic heterocycles. The van der Waals surface area contributed by atoms with Gasteiger partial charge in [0, 0.05) is 6.08 Å². The van der Waals surface area contributed by atoms with Crippen LogP contribution >= 0.6 is 0 Å². The lowest BCUT2D eigenvalue weighted by Gasteiger charge is -2.09. The SMILES string of the molecule is C/C=C/C=C/C(=O)NNC(=O)COc1ccccc1C. The number of aryl methyl sites for hydroxylation is 1. The van der Waals surface area contributed by atoms with E-state index in [1.807, 2.05) is 32.0 Å². The maximum absolute atomic E-state index is 11.5. The molecule has 2 N–H and O–H groups in total. The number of carbonyl (C=O) groups excluding carboxylic acids is 2. The van der Waals surface area contributed by atoms with Gasteiger partial charge in [0.1, 0.15) is 5.75 Å². The number of hydrogen-bond acceptors (Lipinski definition) is 3. The van der Waals surface area contributed by atoms with Gasteiger partial charge in [-0.25, -0.2) is 0 Å². The molecule has 5 heteroatoms. The van der Waals surface area contributed by atoms with Gasteiger partial charge in [0.25, 0.3) is 11.8 Å². The summed E-state index contributed by atoms with van der Waals surface area (Å²) in [6.45, 7) is 3.57. The third-order valence-electron chi connectivity index (χ3n) is 2.33. The maximum Gasteiger partial charge on any atom is 0.276 e. The minimum absolute atomic E-state index is 0.163. The lowest BCUT2D eigenvalue weighted by Crippen LogP contribution is -2.43. The van der Waals surface area contributed by atoms with Crippen molar-refractivity contribution in [2.45, 2.75) is 13.8 Å². The second-order valence-electron chi connectivity index (χ2n) is 3.98. The van der Waals surface area contributed by atoms with Gasteiger partial charge in [-0.05, 0) is 25.5 Å². The van der Waals surface area contributed by atoms with Crippen molar-refractivity contribution in [3.8, 4) is 5.75 Å². The van der Waals surface area contributed by atoms with Crippen LogP contribution in [0.3, 0.4) is 0 Å². The molecular weight excluding hydrogens is 256 g/mol. The van der Waals surface area contributed by atoms with Crippen molar-refractivity contribution in [2.24, 2.45) is 0 Å². The number of hydrogen-bond donors (Lipinski definition) is 2. The second kappa shape index (κ2) is 8.53. The Morgan fingerprint density at radius 3 is 2.65 bits per heavy atom. The largest absolute Gasteiger partial charge is 0.483 e. The van der Waals surface area contributed by atoms with Gasteiger partial charge in [0.05, 0.1) is 0 Å². The number of benzene rings is 1. The Labute approximate surface area is 118 Å². The molecule has 2 amide bonds. The van der Waals surface area contributed by atoms with Crippen LogP contribution in [0.25, 0.3) is 0 Å². The summed E-state index contributed by atoms with van der Waals surface area (Å²) in [6.07, 6.45) is 6.38. The van der Waals surface area contributed by atoms with Crippen LogP contribution in [0.5, 0.6) is 5.75 Å². The first-order valence-electron chi connectivity index (χ1n) is 6.20. The third-order valence-corrected chi connectivity index (χ3v) is 2.33. The van der Waals surface area contributed by atoms with Crippen molar-refractivity contribution in [1.82, 2.24) is 10.9 Å². The molecule has 1 aromatic carbocycles. The van der Waals surface area contributed by atoms with Crippen molar-refractivity contribution in [3.63, 3.8) is 0 Å². The molecule has 0 aliphatic heterocycles. The fourth-order valence-electron chi connectivity index (χ4n) is 1.32. The standard InChI is InChI=1S/C15H18N2O3/c1-3-4-5-10-14(18)16-17-15(19)11-20-13-9-7-6-8-12(13)2/h3-10H,11H2,1-2H3,(H,16,18)(H,17,19)/b4-3+,10-5+. The highest BCUT2D eigenvalue weighted by atomic mass is 16.5. The Morgan fingerprint density at radius 2 is 1.95 bits per heavy atom. The average Bonchev–Trinajstić information content (AvgIpc) is 2.44. The lowest BCUT2D eigenvalue weighted by molar-refractivity contribution is -0.128. The van der Waals surface area contributed by atoms with Crippen LogP contribution in [0.4, 0.5) is 0 Å². The Bertz CT molecular complexity index is 522. The first-order chi connectivity index (χ1) is 9.63. The Kier molecular flexibility index (Phi) is 6.61. The molecule has 0 saturated heterocycles. The summed E-state index contributed by atoms with van der Waals surface area (Å²) in [5.74, 6) is -0.199. The van der Waals surface area contributed by atoms with Gasteiger partial charge in [-0.15, -0.1) is 0 Å². The smallest absolute Gasteiger partial charge is 0.276 e. The molecule has 0 spiro atoms. The molecule has 0 unspecified atom stereocenters. The molecule has 20 heavy (non-hydrogen) atoms. The molecule has 0 aliphatic carbocycles. The zero-order valence-electron chi connectivity index (χ0n) is 11.6. The lowest BCUT2D eigenvalue weighted by atomic mass is 10.2. The fourth-order valence-corrected chi connectivity index (χ4v) is 1.32. The molecule has 0 aliphatic rings. The van der Waals surface area contributed by atoms with E-state index < -0.39 is 11.8 Å². The van der Waals surface area contributed by atoms with Gasteiger partial charge in [0.2, 0.25) is 0 Å². The first kappa shape index (κ1) is 15.5. The van der Waals surface area contributed by atoms with Gasteiger partial charge in [-0.3, -0.25) is 20.4 Å². The van der Waals surface area contributed by atoms with E-state index >= 15 is 0 Å². The van der Waals surface area contributed by atoms with E-state index in [0.29, 0.717) is 5.75 Å². The van der Waals surface area contributed by atoms with Gasteiger partial charge >= 0.3 is 0 Å². The van der Waals surface area contributed by atoms with E-state index in [1.54, 1.807) is 24.3 Å². The molecule has 106 valence electrons. The predicted molar refractivity (Wildman–Crippen MR) is 76.9 cm³/mol. The highest BCUT2D eigenvalue weighted by molar-refractivity contribution is 5.90. The van der Waals surface area contributed by atoms with Gasteiger partial charge in [-0.2, -0.15) is 0 Å². The molecule has 1 aromatic rings. The van der Waals surface area contributed by atoms with Crippen molar-refractivity contribution < 1.29 is 14.3 Å². The third kappa shape index (κ3) is 5.86. The van der Waals surface area contributed by atoms with E-state index in [2.05, 4.69) is 10.9 Å². The van der Waals surface area contributed by atoms with E-state index in [4.69, 9.17) is 4.74 Å². The van der Waals surface area contributed by atoms with Gasteiger partial charge < -0.3 is 4.74 Å². The molecule has 0 radical (unpaired) electrons. The average molecular weight is 274 g/mol. The summed E-state index contributed by atoms with van der Waals surface area (Å²) in [5, 5.41) is 0. The highest BCUT2D eigenvalue weighted by Crippen LogP contribution is 2.15. The van der Waals surface area contributed by atoms with E-state index in [0.717, 1.165) is 5.56 Å². The molecule has 0 bridgehead atoms. The minimum atomic E-state index is -0.430. The van der Waals surface area contributed by atoms with E-state index in [-0.39, 0.29) is 6.61 Å². The number of ether oxygens (including phenoxy) is 1. The van der Waals surface area contributed by atoms with E-state index in [9.17, 15) is 9.59 Å². The zero-order valence-corrected chi connectivity index (χ0v) is 11.6. The van der Waals surface area contributed by atoms with Gasteiger partial charge in [-0.1, -0.05) is 36.4 Å². The Morgan fingerprint density at radius 1 is 1.20 bits per heavy atom. The van der Waals surface area contributed by atoms with Crippen molar-refractivity contribution >= 4 is 11.8 Å². The molecule has 0 fully saturated rings. The predicted octanol–water partition coefficient (Wildman–Crippen LogP) is 1.65. The molecular formula is C15H18N2O3. The number of rotatable bonds is 5. The van der Waals surface area contributed by atoms with Crippen LogP contribution < -0.4 is 15.6 Å². The number of allylic oxidation sites excluding steroid dienone is 3. The topological polar surface area (TPSA) is 67.4 Å². The maximum atomic E-state index is 11.5. The normalized spacial score (nSPS) is 10.7. The minimum Gasteiger partial charge on any atom is -0.483 e. The summed E-state index contributed by atoms with van der Waals surface area (Å²) in [4.78, 5) is 22.7. The van der Waals surface area contributed by atoms with Gasteiger partial charge in [0.15, 0.2) is 6.61 Å². The monoisotopic (exact) mass is 274 g/mol. The summed E-state index contributed by atoms with van der Waals surface area (Å²) < 4.78 is 5.34. The van der Waals surface area contributed by atoms with Crippen LogP contribution in [-0.2, 0) is 9.59 Å². The first-order valence-corrected chi connectivity index (χ1v) is 6.20. The molecule has 0 heterocycles. The van der Waals surface area contributed by atoms with Crippen molar-refractivity contribution in [2.75, 3.05) is 6.61 Å². The molecule has 1 rings (SSSR count). The molecule has 5 nitrogen and oxygen atoms in total. The number of amides is 2. The van der Waals surface area contributed by atoms with Crippen LogP contribution in [0.1, 0.15) is 12.5 Å². The molecule has 0 saturated carbocycles. The Hall–Kier alpha value is -2.56. The van der Waals surface area contributed by atoms with Crippen LogP contribution in [-0.4, -0.2) is 18.4 Å². The van der Waals surface area contributed by atoms with Crippen molar-refractivity contribution in [3.05, 3.63) is 54.1 Å². The number of carbonyl (C=O) groups is 2. The molecule has 0 atom stereocenters. The van der Waals surface area contributed by atoms with E-state index in [1.165, 1.54) is 6.08 Å². The number of nitrogens with one attached hydrogen (secondary N) is 2. The second-order valence-corrected chi connectivity index (χ2v) is 3.98. The van der Waals surface area contributed by atoms with Crippen molar-refractivity contribution in [1.29, 1.82) is 0 Å². The quantitative estimate of drug-likeness (QED) is 0.487. The van der Waals surface area contributed by atoms with Crippen LogP contribution in [0, 0.1) is 6.92 Å². The summed E-state index contributed by atoms with van der Waals surface area (Å²) >= 11 is 0. The summed E-state index contributed by atoms with van der Waals surface area (Å²) in [7, 11) is 0. The number of hydrazine groups is 1. The summed E-state index contributed by atoms with van der Waals surface area (Å²) in [6, 6.07) is 7.38. The summed E-state index contributed by atoms with van der Waals surface area (Å²) in [5.41, 5.74) is 5.46. The zero-order chi connectivity index (χ0) is 14.8. The fraction of sp³-hybridized carbons (Fsp3) is 0.200. The Balaban J connectivity index is 2.31. The van der Waals surface area contributed by atoms with Crippen LogP contribution in [0.2, 0.25) is 0 Å².